The maximum atomic E-state index is 10.8. The molecule has 0 radical (unpaired) electrons. The second-order valence-corrected chi connectivity index (χ2v) is 3.55. The van der Waals surface area contributed by atoms with Crippen molar-refractivity contribution >= 4 is 12.3 Å². The molecule has 0 N–H and O–H groups in total. The molecule has 1 aliphatic heterocycles. The fourth-order valence-electron chi connectivity index (χ4n) is 1.34. The lowest BCUT2D eigenvalue weighted by Gasteiger charge is -2.03. The zero-order valence-electron chi connectivity index (χ0n) is 9.51. The van der Waals surface area contributed by atoms with Crippen LogP contribution in [0.1, 0.15) is 38.5 Å². The largest absolute Gasteiger partial charge is 0.543 e. The minimum atomic E-state index is -1.05. The Hall–Kier alpha value is -1.50. The second-order valence-electron chi connectivity index (χ2n) is 3.55. The fourth-order valence-corrected chi connectivity index (χ4v) is 1.34. The van der Waals surface area contributed by atoms with Gasteiger partial charge in [0.05, 0.1) is 18.3 Å². The Bertz CT molecular complexity index is 217. The molecule has 98 valence electrons. The van der Waals surface area contributed by atoms with Crippen molar-refractivity contribution in [3.8, 4) is 0 Å². The smallest absolute Gasteiger partial charge is 0.432 e. The van der Waals surface area contributed by atoms with Crippen LogP contribution in [0.25, 0.3) is 0 Å². The summed E-state index contributed by atoms with van der Waals surface area (Å²) in [4.78, 5) is 29.7. The van der Waals surface area contributed by atoms with Crippen LogP contribution in [0, 0.1) is 0 Å². The van der Waals surface area contributed by atoms with Gasteiger partial charge in [-0.1, -0.05) is 25.7 Å². The minimum absolute atomic E-state index is 0.257. The summed E-state index contributed by atoms with van der Waals surface area (Å²) in [5.41, 5.74) is 0. The van der Waals surface area contributed by atoms with Gasteiger partial charge in [-0.15, -0.1) is 0 Å². The second kappa shape index (κ2) is 8.63. The van der Waals surface area contributed by atoms with Crippen LogP contribution in [0.5, 0.6) is 0 Å². The molecule has 0 aromatic carbocycles. The first-order valence-corrected chi connectivity index (χ1v) is 5.64. The average Bonchev–Trinajstić information content (AvgIpc) is 2.31. The Morgan fingerprint density at radius 1 is 0.647 bits per heavy atom. The highest BCUT2D eigenvalue weighted by atomic mass is 17.5. The third-order valence-electron chi connectivity index (χ3n) is 2.18. The van der Waals surface area contributed by atoms with E-state index in [1.807, 2.05) is 0 Å². The molecule has 0 aromatic rings. The van der Waals surface area contributed by atoms with Crippen molar-refractivity contribution < 1.29 is 33.9 Å². The summed E-state index contributed by atoms with van der Waals surface area (Å²) in [6.07, 6.45) is 3.50. The third kappa shape index (κ3) is 7.40. The van der Waals surface area contributed by atoms with Gasteiger partial charge in [-0.25, -0.2) is 19.4 Å². The predicted molar refractivity (Wildman–Crippen MR) is 53.7 cm³/mol. The van der Waals surface area contributed by atoms with Crippen LogP contribution in [0.2, 0.25) is 0 Å². The normalized spacial score (nSPS) is 20.9. The van der Waals surface area contributed by atoms with Crippen molar-refractivity contribution in [3.05, 3.63) is 0 Å². The van der Waals surface area contributed by atoms with E-state index in [1.54, 1.807) is 0 Å². The molecule has 0 amide bonds. The summed E-state index contributed by atoms with van der Waals surface area (Å²) in [6.45, 7) is 0.513. The molecule has 0 unspecified atom stereocenters. The van der Waals surface area contributed by atoms with E-state index in [-0.39, 0.29) is 13.2 Å². The summed E-state index contributed by atoms with van der Waals surface area (Å²) in [7, 11) is 0. The van der Waals surface area contributed by atoms with Crippen LogP contribution >= 0.6 is 0 Å². The van der Waals surface area contributed by atoms with E-state index in [0.29, 0.717) is 0 Å². The molecule has 1 heterocycles. The first-order chi connectivity index (χ1) is 8.29. The van der Waals surface area contributed by atoms with Gasteiger partial charge in [-0.2, -0.15) is 0 Å². The molecule has 0 saturated carbocycles. The zero-order chi connectivity index (χ0) is 12.3. The minimum Gasteiger partial charge on any atom is -0.432 e. The van der Waals surface area contributed by atoms with Crippen LogP contribution in [0.15, 0.2) is 0 Å². The molecule has 0 spiro atoms. The molecule has 0 bridgehead atoms. The third-order valence-corrected chi connectivity index (χ3v) is 2.18. The molecule has 17 heavy (non-hydrogen) atoms. The Morgan fingerprint density at radius 3 is 1.53 bits per heavy atom. The quantitative estimate of drug-likeness (QED) is 0.481. The number of carbonyl (C=O) groups excluding carboxylic acids is 2. The molecular weight excluding hydrogens is 232 g/mol. The molecule has 0 aromatic heterocycles. The Labute approximate surface area is 98.8 Å². The molecule has 1 rings (SSSR count). The monoisotopic (exact) mass is 248 g/mol. The van der Waals surface area contributed by atoms with Crippen molar-refractivity contribution in [2.24, 2.45) is 0 Å². The first kappa shape index (κ1) is 13.6. The maximum Gasteiger partial charge on any atom is 0.543 e. The molecule has 7 heteroatoms. The van der Waals surface area contributed by atoms with Crippen LogP contribution in [0.3, 0.4) is 0 Å². The van der Waals surface area contributed by atoms with Gasteiger partial charge in [0.1, 0.15) is 0 Å². The standard InChI is InChI=1S/C10H16O7/c11-9-13-7-5-3-1-2-4-6-8-14-10(12)16-17-15-9/h1-8H2. The van der Waals surface area contributed by atoms with E-state index < -0.39 is 12.3 Å². The lowest BCUT2D eigenvalue weighted by molar-refractivity contribution is -0.458. The lowest BCUT2D eigenvalue weighted by Crippen LogP contribution is -2.13. The maximum absolute atomic E-state index is 10.8. The van der Waals surface area contributed by atoms with Crippen molar-refractivity contribution in [2.75, 3.05) is 13.2 Å². The molecule has 1 fully saturated rings. The van der Waals surface area contributed by atoms with Crippen LogP contribution < -0.4 is 0 Å². The summed E-state index contributed by atoms with van der Waals surface area (Å²) in [6, 6.07) is 0. The van der Waals surface area contributed by atoms with E-state index in [1.165, 1.54) is 0 Å². The Balaban J connectivity index is 2.24. The van der Waals surface area contributed by atoms with Crippen molar-refractivity contribution in [2.45, 2.75) is 38.5 Å². The van der Waals surface area contributed by atoms with E-state index in [9.17, 15) is 9.59 Å². The van der Waals surface area contributed by atoms with Gasteiger partial charge in [0.15, 0.2) is 0 Å². The fraction of sp³-hybridized carbons (Fsp3) is 0.800. The van der Waals surface area contributed by atoms with Gasteiger partial charge in [-0.3, -0.25) is 0 Å². The van der Waals surface area contributed by atoms with Crippen molar-refractivity contribution in [3.63, 3.8) is 0 Å². The van der Waals surface area contributed by atoms with Gasteiger partial charge in [0.25, 0.3) is 0 Å². The highest BCUT2D eigenvalue weighted by Gasteiger charge is 2.10. The summed E-state index contributed by atoms with van der Waals surface area (Å²) < 4.78 is 9.27. The Morgan fingerprint density at radius 2 is 1.06 bits per heavy atom. The van der Waals surface area contributed by atoms with Crippen LogP contribution in [0.4, 0.5) is 9.59 Å². The van der Waals surface area contributed by atoms with E-state index in [2.05, 4.69) is 24.3 Å². The van der Waals surface area contributed by atoms with E-state index >= 15 is 0 Å². The highest BCUT2D eigenvalue weighted by Crippen LogP contribution is 2.07. The van der Waals surface area contributed by atoms with E-state index in [4.69, 9.17) is 0 Å². The number of cyclic esters (lactones) is 2. The molecule has 7 nitrogen and oxygen atoms in total. The van der Waals surface area contributed by atoms with Crippen molar-refractivity contribution in [1.29, 1.82) is 0 Å². The highest BCUT2D eigenvalue weighted by molar-refractivity contribution is 5.60. The SMILES string of the molecule is O=C1OCCCCCCCCOC(=O)OOO1. The van der Waals surface area contributed by atoms with Crippen LogP contribution in [-0.2, 0) is 24.3 Å². The number of hydrogen-bond acceptors (Lipinski definition) is 7. The molecular formula is C10H16O7. The molecule has 0 aliphatic carbocycles. The van der Waals surface area contributed by atoms with Gasteiger partial charge in [0, 0.05) is 0 Å². The van der Waals surface area contributed by atoms with Gasteiger partial charge in [-0.05, 0) is 12.8 Å². The number of rotatable bonds is 0. The van der Waals surface area contributed by atoms with Gasteiger partial charge < -0.3 is 9.47 Å². The summed E-state index contributed by atoms with van der Waals surface area (Å²) in [5, 5.41) is 3.89. The topological polar surface area (TPSA) is 80.3 Å². The predicted octanol–water partition coefficient (Wildman–Crippen LogP) is 2.49. The summed E-state index contributed by atoms with van der Waals surface area (Å²) >= 11 is 0. The average molecular weight is 248 g/mol. The van der Waals surface area contributed by atoms with Crippen LogP contribution in [-0.4, -0.2) is 25.5 Å². The van der Waals surface area contributed by atoms with Gasteiger partial charge in [0.2, 0.25) is 0 Å². The number of hydrogen-bond donors (Lipinski definition) is 0. The molecule has 0 atom stereocenters. The van der Waals surface area contributed by atoms with Gasteiger partial charge >= 0.3 is 12.3 Å². The lowest BCUT2D eigenvalue weighted by atomic mass is 10.1. The summed E-state index contributed by atoms with van der Waals surface area (Å²) in [5.74, 6) is 0. The molecule has 1 saturated heterocycles. The first-order valence-electron chi connectivity index (χ1n) is 5.64. The number of carbonyl (C=O) groups is 2. The van der Waals surface area contributed by atoms with E-state index in [0.717, 1.165) is 38.5 Å². The zero-order valence-corrected chi connectivity index (χ0v) is 9.51. The molecule has 1 aliphatic rings. The Kier molecular flexibility index (Phi) is 6.89. The van der Waals surface area contributed by atoms with Crippen molar-refractivity contribution in [1.82, 2.24) is 0 Å². The number of ether oxygens (including phenoxy) is 2.